The van der Waals surface area contributed by atoms with E-state index in [-0.39, 0.29) is 5.54 Å². The van der Waals surface area contributed by atoms with Gasteiger partial charge in [-0.25, -0.2) is 0 Å². The first kappa shape index (κ1) is 14.0. The van der Waals surface area contributed by atoms with Gasteiger partial charge in [0.15, 0.2) is 0 Å². The van der Waals surface area contributed by atoms with Crippen molar-refractivity contribution in [1.29, 1.82) is 0 Å². The predicted octanol–water partition coefficient (Wildman–Crippen LogP) is 3.74. The van der Waals surface area contributed by atoms with Gasteiger partial charge in [-0.15, -0.1) is 0 Å². The Morgan fingerprint density at radius 1 is 1.24 bits per heavy atom. The highest BCUT2D eigenvalue weighted by atomic mass is 14.9. The highest BCUT2D eigenvalue weighted by molar-refractivity contribution is 5.45. The zero-order chi connectivity index (χ0) is 12.9. The third kappa shape index (κ3) is 5.22. The van der Waals surface area contributed by atoms with E-state index < -0.39 is 0 Å². The Labute approximate surface area is 106 Å². The van der Waals surface area contributed by atoms with Gasteiger partial charge in [0.2, 0.25) is 0 Å². The van der Waals surface area contributed by atoms with Crippen LogP contribution in [0.5, 0.6) is 0 Å². The van der Waals surface area contributed by atoms with Crippen molar-refractivity contribution in [2.45, 2.75) is 52.0 Å². The molecule has 0 heterocycles. The summed E-state index contributed by atoms with van der Waals surface area (Å²) in [6.45, 7) is 9.52. The Morgan fingerprint density at radius 2 is 1.82 bits per heavy atom. The number of nitrogens with two attached hydrogens (primary N) is 1. The van der Waals surface area contributed by atoms with Gasteiger partial charge in [-0.3, -0.25) is 0 Å². The van der Waals surface area contributed by atoms with E-state index in [2.05, 4.69) is 57.3 Å². The van der Waals surface area contributed by atoms with E-state index in [0.717, 1.165) is 13.0 Å². The number of hydrogen-bond acceptors (Lipinski definition) is 2. The van der Waals surface area contributed by atoms with E-state index >= 15 is 0 Å². The molecule has 96 valence electrons. The van der Waals surface area contributed by atoms with Gasteiger partial charge in [0.1, 0.15) is 0 Å². The van der Waals surface area contributed by atoms with E-state index in [4.69, 9.17) is 5.73 Å². The minimum absolute atomic E-state index is 0.0936. The Bertz CT molecular complexity index is 322. The van der Waals surface area contributed by atoms with Gasteiger partial charge in [-0.05, 0) is 50.3 Å². The second kappa shape index (κ2) is 6.06. The SMILES string of the molecule is CCC(C)c1ccc(NCCC(C)(C)N)cc1. The molecule has 1 unspecified atom stereocenters. The molecular weight excluding hydrogens is 208 g/mol. The quantitative estimate of drug-likeness (QED) is 0.787. The summed E-state index contributed by atoms with van der Waals surface area (Å²) in [7, 11) is 0. The van der Waals surface area contributed by atoms with Crippen LogP contribution in [0.4, 0.5) is 5.69 Å². The van der Waals surface area contributed by atoms with Gasteiger partial charge in [0.05, 0.1) is 0 Å². The van der Waals surface area contributed by atoms with Gasteiger partial charge in [-0.2, -0.15) is 0 Å². The third-order valence-electron chi connectivity index (χ3n) is 3.19. The molecule has 0 aromatic heterocycles. The van der Waals surface area contributed by atoms with E-state index in [1.165, 1.54) is 17.7 Å². The lowest BCUT2D eigenvalue weighted by Crippen LogP contribution is -2.34. The van der Waals surface area contributed by atoms with E-state index in [0.29, 0.717) is 5.92 Å². The normalized spacial score (nSPS) is 13.5. The van der Waals surface area contributed by atoms with E-state index in [9.17, 15) is 0 Å². The van der Waals surface area contributed by atoms with Crippen LogP contribution in [0, 0.1) is 0 Å². The Morgan fingerprint density at radius 3 is 2.29 bits per heavy atom. The molecule has 2 nitrogen and oxygen atoms in total. The second-order valence-corrected chi connectivity index (χ2v) is 5.60. The van der Waals surface area contributed by atoms with Crippen LogP contribution in [0.25, 0.3) is 0 Å². The minimum atomic E-state index is -0.0936. The lowest BCUT2D eigenvalue weighted by molar-refractivity contribution is 0.491. The summed E-state index contributed by atoms with van der Waals surface area (Å²) >= 11 is 0. The predicted molar refractivity (Wildman–Crippen MR) is 76.5 cm³/mol. The van der Waals surface area contributed by atoms with Crippen molar-refractivity contribution in [2.24, 2.45) is 5.73 Å². The van der Waals surface area contributed by atoms with Crippen molar-refractivity contribution < 1.29 is 0 Å². The Balaban J connectivity index is 2.46. The first-order chi connectivity index (χ1) is 7.92. The van der Waals surface area contributed by atoms with Crippen LogP contribution in [0.15, 0.2) is 24.3 Å². The van der Waals surface area contributed by atoms with Crippen molar-refractivity contribution in [3.63, 3.8) is 0 Å². The molecule has 1 rings (SSSR count). The van der Waals surface area contributed by atoms with Gasteiger partial charge in [-0.1, -0.05) is 26.0 Å². The molecule has 17 heavy (non-hydrogen) atoms. The van der Waals surface area contributed by atoms with Crippen molar-refractivity contribution in [3.8, 4) is 0 Å². The second-order valence-electron chi connectivity index (χ2n) is 5.60. The van der Waals surface area contributed by atoms with Crippen LogP contribution < -0.4 is 11.1 Å². The highest BCUT2D eigenvalue weighted by Crippen LogP contribution is 2.20. The van der Waals surface area contributed by atoms with Gasteiger partial charge < -0.3 is 11.1 Å². The molecule has 0 radical (unpaired) electrons. The topological polar surface area (TPSA) is 38.0 Å². The molecule has 0 aliphatic heterocycles. The number of anilines is 1. The van der Waals surface area contributed by atoms with Crippen LogP contribution >= 0.6 is 0 Å². The molecule has 1 aromatic carbocycles. The van der Waals surface area contributed by atoms with Crippen LogP contribution in [0.1, 0.15) is 52.0 Å². The molecule has 0 amide bonds. The van der Waals surface area contributed by atoms with Crippen LogP contribution in [-0.4, -0.2) is 12.1 Å². The average molecular weight is 234 g/mol. The molecule has 3 N–H and O–H groups in total. The average Bonchev–Trinajstić information content (AvgIpc) is 2.27. The van der Waals surface area contributed by atoms with Crippen molar-refractivity contribution in [3.05, 3.63) is 29.8 Å². The van der Waals surface area contributed by atoms with Crippen molar-refractivity contribution in [2.75, 3.05) is 11.9 Å². The fourth-order valence-corrected chi connectivity index (χ4v) is 1.69. The monoisotopic (exact) mass is 234 g/mol. The summed E-state index contributed by atoms with van der Waals surface area (Å²) in [6, 6.07) is 8.74. The number of rotatable bonds is 6. The van der Waals surface area contributed by atoms with Crippen LogP contribution in [-0.2, 0) is 0 Å². The summed E-state index contributed by atoms with van der Waals surface area (Å²) < 4.78 is 0. The highest BCUT2D eigenvalue weighted by Gasteiger charge is 2.09. The number of hydrogen-bond donors (Lipinski definition) is 2. The molecule has 1 atom stereocenters. The smallest absolute Gasteiger partial charge is 0.0340 e. The summed E-state index contributed by atoms with van der Waals surface area (Å²) in [6.07, 6.45) is 2.16. The first-order valence-electron chi connectivity index (χ1n) is 6.55. The molecule has 0 fully saturated rings. The third-order valence-corrected chi connectivity index (χ3v) is 3.19. The minimum Gasteiger partial charge on any atom is -0.385 e. The number of nitrogens with one attached hydrogen (secondary N) is 1. The van der Waals surface area contributed by atoms with Gasteiger partial charge in [0.25, 0.3) is 0 Å². The largest absolute Gasteiger partial charge is 0.385 e. The van der Waals surface area contributed by atoms with Gasteiger partial charge >= 0.3 is 0 Å². The first-order valence-corrected chi connectivity index (χ1v) is 6.55. The maximum Gasteiger partial charge on any atom is 0.0340 e. The molecule has 0 aliphatic rings. The molecule has 2 heteroatoms. The van der Waals surface area contributed by atoms with Crippen LogP contribution in [0.2, 0.25) is 0 Å². The fourth-order valence-electron chi connectivity index (χ4n) is 1.69. The standard InChI is InChI=1S/C15H26N2/c1-5-12(2)13-6-8-14(9-7-13)17-11-10-15(3,4)16/h6-9,12,17H,5,10-11,16H2,1-4H3. The van der Waals surface area contributed by atoms with E-state index in [1.807, 2.05) is 0 Å². The number of benzene rings is 1. The molecule has 0 saturated carbocycles. The summed E-state index contributed by atoms with van der Waals surface area (Å²) in [4.78, 5) is 0. The zero-order valence-electron chi connectivity index (χ0n) is 11.6. The molecule has 0 bridgehead atoms. The molecule has 1 aromatic rings. The van der Waals surface area contributed by atoms with Crippen LogP contribution in [0.3, 0.4) is 0 Å². The maximum absolute atomic E-state index is 5.94. The Hall–Kier alpha value is -1.02. The van der Waals surface area contributed by atoms with Gasteiger partial charge in [0, 0.05) is 17.8 Å². The summed E-state index contributed by atoms with van der Waals surface area (Å²) in [5, 5.41) is 3.41. The summed E-state index contributed by atoms with van der Waals surface area (Å²) in [5.74, 6) is 0.645. The molecule has 0 aliphatic carbocycles. The Kier molecular flexibility index (Phi) is 5.01. The lowest BCUT2D eigenvalue weighted by Gasteiger charge is -2.19. The fraction of sp³-hybridized carbons (Fsp3) is 0.600. The van der Waals surface area contributed by atoms with Crippen molar-refractivity contribution in [1.82, 2.24) is 0 Å². The molecule has 0 saturated heterocycles. The maximum atomic E-state index is 5.94. The van der Waals surface area contributed by atoms with Crippen molar-refractivity contribution >= 4 is 5.69 Å². The molecule has 0 spiro atoms. The summed E-state index contributed by atoms with van der Waals surface area (Å²) in [5.41, 5.74) is 8.44. The van der Waals surface area contributed by atoms with E-state index in [1.54, 1.807) is 0 Å². The zero-order valence-corrected chi connectivity index (χ0v) is 11.6. The molecular formula is C15H26N2. The lowest BCUT2D eigenvalue weighted by atomic mass is 9.98.